The molecule has 2 amide bonds. The Morgan fingerprint density at radius 2 is 1.83 bits per heavy atom. The summed E-state index contributed by atoms with van der Waals surface area (Å²) in [6.07, 6.45) is 3.38. The monoisotopic (exact) mass is 399 g/mol. The highest BCUT2D eigenvalue weighted by molar-refractivity contribution is 6.09. The van der Waals surface area contributed by atoms with E-state index < -0.39 is 0 Å². The zero-order valence-corrected chi connectivity index (χ0v) is 16.7. The summed E-state index contributed by atoms with van der Waals surface area (Å²) >= 11 is 0. The fraction of sp³-hybridized carbons (Fsp3) is 0.130. The van der Waals surface area contributed by atoms with Crippen LogP contribution in [0.3, 0.4) is 0 Å². The molecule has 1 aromatic carbocycles. The first kappa shape index (κ1) is 19.3. The van der Waals surface area contributed by atoms with Crippen molar-refractivity contribution < 1.29 is 9.59 Å². The largest absolute Gasteiger partial charge is 0.344 e. The Labute approximate surface area is 173 Å². The van der Waals surface area contributed by atoms with Crippen LogP contribution in [0.1, 0.15) is 37.9 Å². The van der Waals surface area contributed by atoms with Gasteiger partial charge in [0.05, 0.1) is 17.8 Å². The van der Waals surface area contributed by atoms with Crippen LogP contribution in [0, 0.1) is 13.8 Å². The van der Waals surface area contributed by atoms with Gasteiger partial charge in [-0.2, -0.15) is 0 Å². The van der Waals surface area contributed by atoms with Gasteiger partial charge in [0, 0.05) is 18.1 Å². The third-order valence-electron chi connectivity index (χ3n) is 4.76. The molecule has 2 N–H and O–H groups in total. The molecule has 7 nitrogen and oxygen atoms in total. The van der Waals surface area contributed by atoms with Gasteiger partial charge < -0.3 is 10.6 Å². The maximum atomic E-state index is 13.0. The van der Waals surface area contributed by atoms with E-state index >= 15 is 0 Å². The molecule has 0 aliphatic carbocycles. The van der Waals surface area contributed by atoms with E-state index in [0.717, 1.165) is 22.5 Å². The molecule has 4 aromatic rings. The van der Waals surface area contributed by atoms with Crippen molar-refractivity contribution in [2.45, 2.75) is 20.4 Å². The van der Waals surface area contributed by atoms with Crippen molar-refractivity contribution in [1.29, 1.82) is 0 Å². The highest BCUT2D eigenvalue weighted by atomic mass is 16.2. The number of carbonyl (C=O) groups excluding carboxylic acids is 2. The van der Waals surface area contributed by atoms with Gasteiger partial charge in [-0.1, -0.05) is 24.3 Å². The summed E-state index contributed by atoms with van der Waals surface area (Å²) in [5, 5.41) is 5.72. The Balaban J connectivity index is 1.62. The Bertz CT molecular complexity index is 1230. The van der Waals surface area contributed by atoms with Crippen molar-refractivity contribution in [3.63, 3.8) is 0 Å². The van der Waals surface area contributed by atoms with Gasteiger partial charge >= 0.3 is 0 Å². The maximum absolute atomic E-state index is 13.0. The minimum absolute atomic E-state index is 0.146. The number of nitrogens with one attached hydrogen (secondary N) is 2. The Kier molecular flexibility index (Phi) is 5.26. The summed E-state index contributed by atoms with van der Waals surface area (Å²) in [5.41, 5.74) is 4.20. The number of hydrogen-bond acceptors (Lipinski definition) is 4. The van der Waals surface area contributed by atoms with E-state index in [2.05, 4.69) is 20.6 Å². The van der Waals surface area contributed by atoms with E-state index in [1.165, 1.54) is 0 Å². The van der Waals surface area contributed by atoms with Crippen LogP contribution in [0.2, 0.25) is 0 Å². The first-order valence-corrected chi connectivity index (χ1v) is 9.57. The van der Waals surface area contributed by atoms with Gasteiger partial charge in [0.2, 0.25) is 5.82 Å². The quantitative estimate of drug-likeness (QED) is 0.537. The molecule has 0 fully saturated rings. The molecule has 0 saturated heterocycles. The second kappa shape index (κ2) is 8.16. The van der Waals surface area contributed by atoms with E-state index in [0.29, 0.717) is 5.52 Å². The average molecular weight is 399 g/mol. The summed E-state index contributed by atoms with van der Waals surface area (Å²) in [5.74, 6) is -0.600. The van der Waals surface area contributed by atoms with Gasteiger partial charge in [-0.05, 0) is 55.3 Å². The normalized spacial score (nSPS) is 10.7. The minimum atomic E-state index is -0.382. The van der Waals surface area contributed by atoms with Crippen LogP contribution in [0.25, 0.3) is 5.52 Å². The third-order valence-corrected chi connectivity index (χ3v) is 4.76. The van der Waals surface area contributed by atoms with E-state index in [-0.39, 0.29) is 29.9 Å². The van der Waals surface area contributed by atoms with Gasteiger partial charge in [-0.3, -0.25) is 19.0 Å². The third kappa shape index (κ3) is 3.91. The van der Waals surface area contributed by atoms with Crippen molar-refractivity contribution in [2.75, 3.05) is 5.32 Å². The van der Waals surface area contributed by atoms with Crippen LogP contribution in [0.15, 0.2) is 67.0 Å². The number of hydrogen-bond donors (Lipinski definition) is 2. The van der Waals surface area contributed by atoms with Crippen LogP contribution in [-0.2, 0) is 6.54 Å². The summed E-state index contributed by atoms with van der Waals surface area (Å²) < 4.78 is 1.62. The summed E-state index contributed by atoms with van der Waals surface area (Å²) in [6.45, 7) is 4.16. The molecule has 4 rings (SSSR count). The van der Waals surface area contributed by atoms with Crippen molar-refractivity contribution in [1.82, 2.24) is 19.7 Å². The Morgan fingerprint density at radius 3 is 2.63 bits per heavy atom. The van der Waals surface area contributed by atoms with Gasteiger partial charge in [0.25, 0.3) is 11.8 Å². The number of anilines is 1. The second-order valence-corrected chi connectivity index (χ2v) is 7.02. The number of carbonyl (C=O) groups is 2. The van der Waals surface area contributed by atoms with E-state index in [1.54, 1.807) is 35.0 Å². The summed E-state index contributed by atoms with van der Waals surface area (Å²) in [7, 11) is 0. The SMILES string of the molecule is Cc1ccc(C)c(NC(=O)c2nc(C(=O)NCc3ccccn3)n3ccccc23)c1. The highest BCUT2D eigenvalue weighted by Crippen LogP contribution is 2.19. The summed E-state index contributed by atoms with van der Waals surface area (Å²) in [4.78, 5) is 34.3. The van der Waals surface area contributed by atoms with Gasteiger partial charge in [-0.15, -0.1) is 0 Å². The zero-order valence-electron chi connectivity index (χ0n) is 16.7. The standard InChI is InChI=1S/C23H21N5O2/c1-15-9-10-16(2)18(13-15)26-22(29)20-19-8-4-6-12-28(19)21(27-20)23(30)25-14-17-7-3-5-11-24-17/h3-13H,14H2,1-2H3,(H,25,30)(H,26,29). The van der Waals surface area contributed by atoms with Crippen molar-refractivity contribution in [2.24, 2.45) is 0 Å². The molecular formula is C23H21N5O2. The number of benzene rings is 1. The topological polar surface area (TPSA) is 88.4 Å². The zero-order chi connectivity index (χ0) is 21.1. The van der Waals surface area contributed by atoms with Gasteiger partial charge in [-0.25, -0.2) is 4.98 Å². The number of rotatable bonds is 5. The fourth-order valence-electron chi connectivity index (χ4n) is 3.17. The van der Waals surface area contributed by atoms with Crippen LogP contribution >= 0.6 is 0 Å². The van der Waals surface area contributed by atoms with E-state index in [4.69, 9.17) is 0 Å². The predicted molar refractivity (Wildman–Crippen MR) is 114 cm³/mol. The lowest BCUT2D eigenvalue weighted by atomic mass is 10.1. The maximum Gasteiger partial charge on any atom is 0.288 e. The second-order valence-electron chi connectivity index (χ2n) is 7.02. The number of pyridine rings is 2. The molecule has 0 unspecified atom stereocenters. The number of amides is 2. The molecule has 0 bridgehead atoms. The van der Waals surface area contributed by atoms with Gasteiger partial charge in [0.15, 0.2) is 5.69 Å². The van der Waals surface area contributed by atoms with Crippen molar-refractivity contribution in [3.05, 3.63) is 95.3 Å². The molecule has 0 atom stereocenters. The lowest BCUT2D eigenvalue weighted by Gasteiger charge is -2.08. The number of aromatic nitrogens is 3. The summed E-state index contributed by atoms with van der Waals surface area (Å²) in [6, 6.07) is 16.7. The number of imidazole rings is 1. The molecule has 0 spiro atoms. The molecule has 3 heterocycles. The number of aryl methyl sites for hydroxylation is 2. The molecule has 0 aliphatic rings. The van der Waals surface area contributed by atoms with E-state index in [1.807, 2.05) is 50.2 Å². The molecule has 0 radical (unpaired) electrons. The molecule has 150 valence electrons. The van der Waals surface area contributed by atoms with Crippen LogP contribution < -0.4 is 10.6 Å². The molecular weight excluding hydrogens is 378 g/mol. The van der Waals surface area contributed by atoms with E-state index in [9.17, 15) is 9.59 Å². The predicted octanol–water partition coefficient (Wildman–Crippen LogP) is 3.53. The number of nitrogens with zero attached hydrogens (tertiary/aromatic N) is 3. The number of fused-ring (bicyclic) bond motifs is 1. The first-order valence-electron chi connectivity index (χ1n) is 9.57. The average Bonchev–Trinajstić information content (AvgIpc) is 3.15. The smallest absolute Gasteiger partial charge is 0.288 e. The van der Waals surface area contributed by atoms with Crippen molar-refractivity contribution in [3.8, 4) is 0 Å². The lowest BCUT2D eigenvalue weighted by Crippen LogP contribution is -2.25. The highest BCUT2D eigenvalue weighted by Gasteiger charge is 2.22. The van der Waals surface area contributed by atoms with Gasteiger partial charge in [0.1, 0.15) is 0 Å². The van der Waals surface area contributed by atoms with Crippen LogP contribution in [0.4, 0.5) is 5.69 Å². The Hall–Kier alpha value is -4.00. The molecule has 30 heavy (non-hydrogen) atoms. The van der Waals surface area contributed by atoms with Crippen LogP contribution in [-0.4, -0.2) is 26.2 Å². The van der Waals surface area contributed by atoms with Crippen LogP contribution in [0.5, 0.6) is 0 Å². The minimum Gasteiger partial charge on any atom is -0.344 e. The molecule has 7 heteroatoms. The van der Waals surface area contributed by atoms with Crippen molar-refractivity contribution >= 4 is 23.0 Å². The molecule has 0 aliphatic heterocycles. The Morgan fingerprint density at radius 1 is 1.00 bits per heavy atom. The first-order chi connectivity index (χ1) is 14.5. The lowest BCUT2D eigenvalue weighted by molar-refractivity contribution is 0.0939. The molecule has 3 aromatic heterocycles. The molecule has 0 saturated carbocycles. The fourth-order valence-corrected chi connectivity index (χ4v) is 3.17.